The van der Waals surface area contributed by atoms with Gasteiger partial charge in [-0.15, -0.1) is 0 Å². The Morgan fingerprint density at radius 2 is 2.26 bits per heavy atom. The topological polar surface area (TPSA) is 70.2 Å². The van der Waals surface area contributed by atoms with Crippen molar-refractivity contribution in [3.63, 3.8) is 0 Å². The molecule has 0 bridgehead atoms. The SMILES string of the molecule is CCCN(CC1CC1)c1ccc(C#N)cc1[N+](=O)[O-]. The first kappa shape index (κ1) is 13.3. The van der Waals surface area contributed by atoms with Crippen molar-refractivity contribution >= 4 is 11.4 Å². The van der Waals surface area contributed by atoms with Gasteiger partial charge in [0, 0.05) is 19.2 Å². The zero-order valence-corrected chi connectivity index (χ0v) is 11.0. The van der Waals surface area contributed by atoms with Crippen LogP contribution in [0, 0.1) is 27.4 Å². The van der Waals surface area contributed by atoms with Crippen molar-refractivity contribution < 1.29 is 4.92 Å². The van der Waals surface area contributed by atoms with Crippen LogP contribution >= 0.6 is 0 Å². The molecule has 1 fully saturated rings. The van der Waals surface area contributed by atoms with Crippen molar-refractivity contribution in [2.45, 2.75) is 26.2 Å². The first-order valence-electron chi connectivity index (χ1n) is 6.59. The van der Waals surface area contributed by atoms with E-state index in [4.69, 9.17) is 5.26 Å². The molecule has 0 unspecified atom stereocenters. The minimum atomic E-state index is -0.397. The standard InChI is InChI=1S/C14H17N3O2/c1-2-7-16(10-11-3-4-11)13-6-5-12(9-15)8-14(13)17(18)19/h5-6,8,11H,2-4,7,10H2,1H3. The van der Waals surface area contributed by atoms with E-state index >= 15 is 0 Å². The van der Waals surface area contributed by atoms with Crippen molar-refractivity contribution in [1.82, 2.24) is 0 Å². The number of hydrogen-bond donors (Lipinski definition) is 0. The summed E-state index contributed by atoms with van der Waals surface area (Å²) in [7, 11) is 0. The Bertz CT molecular complexity index is 518. The Labute approximate surface area is 112 Å². The Balaban J connectivity index is 2.33. The van der Waals surface area contributed by atoms with Gasteiger partial charge in [-0.25, -0.2) is 0 Å². The molecule has 1 saturated carbocycles. The molecule has 0 aromatic heterocycles. The molecule has 0 atom stereocenters. The molecule has 1 aromatic rings. The third kappa shape index (κ3) is 3.22. The molecule has 1 aliphatic carbocycles. The van der Waals surface area contributed by atoms with Gasteiger partial charge in [0.05, 0.1) is 16.6 Å². The van der Waals surface area contributed by atoms with Crippen LogP contribution in [0.15, 0.2) is 18.2 Å². The quantitative estimate of drug-likeness (QED) is 0.581. The summed E-state index contributed by atoms with van der Waals surface area (Å²) in [6.07, 6.45) is 3.37. The second-order valence-electron chi connectivity index (χ2n) is 4.96. The Hall–Kier alpha value is -2.09. The number of hydrogen-bond acceptors (Lipinski definition) is 4. The lowest BCUT2D eigenvalue weighted by molar-refractivity contribution is -0.384. The van der Waals surface area contributed by atoms with Crippen LogP contribution in [0.2, 0.25) is 0 Å². The molecule has 5 heteroatoms. The minimum Gasteiger partial charge on any atom is -0.366 e. The van der Waals surface area contributed by atoms with Gasteiger partial charge < -0.3 is 4.90 Å². The van der Waals surface area contributed by atoms with Crippen molar-refractivity contribution in [2.24, 2.45) is 5.92 Å². The second kappa shape index (κ2) is 5.70. The van der Waals surface area contributed by atoms with Gasteiger partial charge in [0.15, 0.2) is 0 Å². The number of nitro benzene ring substituents is 1. The number of nitro groups is 1. The third-order valence-corrected chi connectivity index (χ3v) is 3.31. The highest BCUT2D eigenvalue weighted by Gasteiger charge is 2.27. The van der Waals surface area contributed by atoms with E-state index in [1.54, 1.807) is 12.1 Å². The fourth-order valence-corrected chi connectivity index (χ4v) is 2.20. The summed E-state index contributed by atoms with van der Waals surface area (Å²) in [6.45, 7) is 3.75. The number of nitrogens with zero attached hydrogens (tertiary/aromatic N) is 3. The number of rotatable bonds is 6. The monoisotopic (exact) mass is 259 g/mol. The second-order valence-corrected chi connectivity index (χ2v) is 4.96. The highest BCUT2D eigenvalue weighted by molar-refractivity contribution is 5.65. The largest absolute Gasteiger partial charge is 0.366 e. The molecule has 0 radical (unpaired) electrons. The van der Waals surface area contributed by atoms with Crippen LogP contribution in [0.3, 0.4) is 0 Å². The van der Waals surface area contributed by atoms with Gasteiger partial charge >= 0.3 is 0 Å². The summed E-state index contributed by atoms with van der Waals surface area (Å²) >= 11 is 0. The zero-order chi connectivity index (χ0) is 13.8. The Morgan fingerprint density at radius 1 is 1.53 bits per heavy atom. The molecule has 0 spiro atoms. The van der Waals surface area contributed by atoms with E-state index in [1.165, 1.54) is 18.9 Å². The van der Waals surface area contributed by atoms with Gasteiger partial charge in [-0.05, 0) is 37.3 Å². The molecule has 1 aliphatic rings. The van der Waals surface area contributed by atoms with E-state index in [0.29, 0.717) is 17.2 Å². The predicted octanol–water partition coefficient (Wildman–Crippen LogP) is 3.09. The molecule has 2 rings (SSSR count). The highest BCUT2D eigenvalue weighted by Crippen LogP contribution is 2.35. The highest BCUT2D eigenvalue weighted by atomic mass is 16.6. The normalized spacial score (nSPS) is 13.9. The number of nitriles is 1. The molecule has 5 nitrogen and oxygen atoms in total. The van der Waals surface area contributed by atoms with Crippen molar-refractivity contribution in [3.05, 3.63) is 33.9 Å². The molecule has 0 aliphatic heterocycles. The summed E-state index contributed by atoms with van der Waals surface area (Å²) in [5.74, 6) is 0.668. The van der Waals surface area contributed by atoms with Crippen LogP contribution in [0.1, 0.15) is 31.7 Å². The smallest absolute Gasteiger partial charge is 0.293 e. The molecular weight excluding hydrogens is 242 g/mol. The third-order valence-electron chi connectivity index (χ3n) is 3.31. The van der Waals surface area contributed by atoms with Crippen LogP contribution < -0.4 is 4.90 Å². The number of anilines is 1. The lowest BCUT2D eigenvalue weighted by Gasteiger charge is -2.24. The first-order valence-corrected chi connectivity index (χ1v) is 6.59. The minimum absolute atomic E-state index is 0.0353. The lowest BCUT2D eigenvalue weighted by Crippen LogP contribution is -2.27. The molecule has 1 aromatic carbocycles. The zero-order valence-electron chi connectivity index (χ0n) is 11.0. The maximum Gasteiger partial charge on any atom is 0.293 e. The summed E-state index contributed by atoms with van der Waals surface area (Å²) in [5, 5.41) is 20.0. The van der Waals surface area contributed by atoms with Gasteiger partial charge in [-0.1, -0.05) is 6.92 Å². The molecule has 0 amide bonds. The summed E-state index contributed by atoms with van der Waals surface area (Å²) in [5.41, 5.74) is 1.00. The summed E-state index contributed by atoms with van der Waals surface area (Å²) < 4.78 is 0. The van der Waals surface area contributed by atoms with Gasteiger partial charge in [0.25, 0.3) is 5.69 Å². The van der Waals surface area contributed by atoms with E-state index in [1.807, 2.05) is 6.07 Å². The van der Waals surface area contributed by atoms with Crippen LogP contribution in [-0.2, 0) is 0 Å². The predicted molar refractivity (Wildman–Crippen MR) is 73.0 cm³/mol. The van der Waals surface area contributed by atoms with Crippen molar-refractivity contribution in [1.29, 1.82) is 5.26 Å². The molecule has 0 heterocycles. The van der Waals surface area contributed by atoms with Gasteiger partial charge in [0.2, 0.25) is 0 Å². The van der Waals surface area contributed by atoms with Gasteiger partial charge in [-0.2, -0.15) is 5.26 Å². The fourth-order valence-electron chi connectivity index (χ4n) is 2.20. The summed E-state index contributed by atoms with van der Waals surface area (Å²) in [4.78, 5) is 12.9. The first-order chi connectivity index (χ1) is 9.15. The van der Waals surface area contributed by atoms with Crippen LogP contribution in [0.5, 0.6) is 0 Å². The van der Waals surface area contributed by atoms with Gasteiger partial charge in [0.1, 0.15) is 5.69 Å². The van der Waals surface area contributed by atoms with E-state index in [0.717, 1.165) is 19.5 Å². The molecule has 19 heavy (non-hydrogen) atoms. The average molecular weight is 259 g/mol. The van der Waals surface area contributed by atoms with E-state index in [2.05, 4.69) is 11.8 Å². The molecule has 100 valence electrons. The van der Waals surface area contributed by atoms with Crippen molar-refractivity contribution in [2.75, 3.05) is 18.0 Å². The molecule has 0 saturated heterocycles. The Kier molecular flexibility index (Phi) is 4.00. The van der Waals surface area contributed by atoms with Crippen LogP contribution in [0.25, 0.3) is 0 Å². The maximum atomic E-state index is 11.2. The molecule has 0 N–H and O–H groups in total. The fraction of sp³-hybridized carbons (Fsp3) is 0.500. The van der Waals surface area contributed by atoms with Gasteiger partial charge in [-0.3, -0.25) is 10.1 Å². The van der Waals surface area contributed by atoms with E-state index in [9.17, 15) is 10.1 Å². The maximum absolute atomic E-state index is 11.2. The van der Waals surface area contributed by atoms with Crippen LogP contribution in [0.4, 0.5) is 11.4 Å². The molecular formula is C14H17N3O2. The van der Waals surface area contributed by atoms with Crippen LogP contribution in [-0.4, -0.2) is 18.0 Å². The number of benzene rings is 1. The Morgan fingerprint density at radius 3 is 2.79 bits per heavy atom. The van der Waals surface area contributed by atoms with E-state index < -0.39 is 4.92 Å². The lowest BCUT2D eigenvalue weighted by atomic mass is 10.1. The average Bonchev–Trinajstić information content (AvgIpc) is 3.21. The van der Waals surface area contributed by atoms with E-state index in [-0.39, 0.29) is 5.69 Å². The van der Waals surface area contributed by atoms with Crippen molar-refractivity contribution in [3.8, 4) is 6.07 Å². The summed E-state index contributed by atoms with van der Waals surface area (Å²) in [6, 6.07) is 6.67.